The van der Waals surface area contributed by atoms with Crippen LogP contribution in [0.1, 0.15) is 27.7 Å². The average molecular weight is 162 g/mol. The summed E-state index contributed by atoms with van der Waals surface area (Å²) in [6, 6.07) is 0. The Morgan fingerprint density at radius 2 is 1.00 bits per heavy atom. The van der Waals surface area contributed by atoms with E-state index >= 15 is 0 Å². The van der Waals surface area contributed by atoms with E-state index in [0.29, 0.717) is 0 Å². The van der Waals surface area contributed by atoms with E-state index in [9.17, 15) is 0 Å². The lowest BCUT2D eigenvalue weighted by atomic mass is 10.2. The second-order valence-corrected chi connectivity index (χ2v) is 5.67. The van der Waals surface area contributed by atoms with Gasteiger partial charge in [-0.3, -0.25) is 0 Å². The third kappa shape index (κ3) is 17.9. The molecule has 3 heteroatoms. The van der Waals surface area contributed by atoms with Gasteiger partial charge in [0.1, 0.15) is 21.0 Å². The Bertz CT molecular complexity index is 71.1. The largest absolute Gasteiger partial charge is 0.471 e. The minimum absolute atomic E-state index is 0.931. The van der Waals surface area contributed by atoms with Gasteiger partial charge in [-0.2, -0.15) is 0 Å². The Kier molecular flexibility index (Phi) is 10.7. The van der Waals surface area contributed by atoms with E-state index in [4.69, 9.17) is 0 Å². The fourth-order valence-corrected chi connectivity index (χ4v) is 0. The molecule has 0 aromatic carbocycles. The van der Waals surface area contributed by atoms with Crippen LogP contribution in [0.4, 0.5) is 0 Å². The van der Waals surface area contributed by atoms with Gasteiger partial charge in [-0.25, -0.2) is 0 Å². The average Bonchev–Trinajstić information content (AvgIpc) is 1.68. The van der Waals surface area contributed by atoms with Crippen LogP contribution in [0.3, 0.4) is 0 Å². The molecule has 0 aromatic rings. The highest BCUT2D eigenvalue weighted by Crippen LogP contribution is 1.96. The van der Waals surface area contributed by atoms with Crippen LogP contribution in [0.25, 0.3) is 0 Å². The third-order valence-electron chi connectivity index (χ3n) is 1.00. The van der Waals surface area contributed by atoms with E-state index in [-0.39, 0.29) is 0 Å². The van der Waals surface area contributed by atoms with Crippen molar-refractivity contribution in [2.45, 2.75) is 27.7 Å². The standard InChI is InChI=1S/C6H12.H6OSi2/c1-5(2)6(3)4;2-1-3/h1-4H3;2-3H3. The molecule has 0 atom stereocenters. The van der Waals surface area contributed by atoms with Crippen LogP contribution >= 0.6 is 0 Å². The predicted octanol–water partition coefficient (Wildman–Crippen LogP) is -0.0736. The smallest absolute Gasteiger partial charge is 0.129 e. The molecule has 0 aliphatic carbocycles. The molecule has 9 heavy (non-hydrogen) atoms. The van der Waals surface area contributed by atoms with Crippen molar-refractivity contribution in [1.82, 2.24) is 0 Å². The van der Waals surface area contributed by atoms with Gasteiger partial charge in [0.05, 0.1) is 0 Å². The molecule has 0 bridgehead atoms. The molecule has 0 saturated carbocycles. The van der Waals surface area contributed by atoms with Gasteiger partial charge >= 0.3 is 0 Å². The van der Waals surface area contributed by atoms with E-state index in [2.05, 4.69) is 31.8 Å². The Morgan fingerprint density at radius 1 is 0.889 bits per heavy atom. The van der Waals surface area contributed by atoms with Gasteiger partial charge in [-0.05, 0) is 27.7 Å². The maximum Gasteiger partial charge on any atom is 0.129 e. The molecule has 1 nitrogen and oxygen atoms in total. The van der Waals surface area contributed by atoms with Crippen LogP contribution in [-0.4, -0.2) is 21.0 Å². The normalized spacial score (nSPS) is 8.00. The lowest BCUT2D eigenvalue weighted by Crippen LogP contribution is -1.66. The topological polar surface area (TPSA) is 9.23 Å². The lowest BCUT2D eigenvalue weighted by molar-refractivity contribution is 0.690. The molecule has 0 unspecified atom stereocenters. The van der Waals surface area contributed by atoms with Crippen molar-refractivity contribution in [1.29, 1.82) is 0 Å². The number of hydrogen-bond acceptors (Lipinski definition) is 1. The van der Waals surface area contributed by atoms with Crippen molar-refractivity contribution in [2.75, 3.05) is 0 Å². The highest BCUT2D eigenvalue weighted by Gasteiger charge is 1.75. The first kappa shape index (κ1) is 11.9. The highest BCUT2D eigenvalue weighted by atomic mass is 28.3. The predicted molar refractivity (Wildman–Crippen MR) is 50.7 cm³/mol. The molecule has 56 valence electrons. The fraction of sp³-hybridized carbons (Fsp3) is 0.667. The number of hydrogen-bond donors (Lipinski definition) is 0. The van der Waals surface area contributed by atoms with Crippen LogP contribution in [-0.2, 0) is 4.12 Å². The van der Waals surface area contributed by atoms with Crippen molar-refractivity contribution in [2.24, 2.45) is 0 Å². The number of rotatable bonds is 0. The minimum Gasteiger partial charge on any atom is -0.471 e. The molecule has 0 aromatic heterocycles. The first-order chi connectivity index (χ1) is 4.06. The summed E-state index contributed by atoms with van der Waals surface area (Å²) in [5.41, 5.74) is 2.85. The van der Waals surface area contributed by atoms with Gasteiger partial charge in [0, 0.05) is 0 Å². The highest BCUT2D eigenvalue weighted by molar-refractivity contribution is 6.15. The maximum atomic E-state index is 4.53. The van der Waals surface area contributed by atoms with Gasteiger partial charge in [0.2, 0.25) is 0 Å². The number of allylic oxidation sites excluding steroid dienone is 2. The molecule has 0 radical (unpaired) electrons. The fourth-order valence-electron chi connectivity index (χ4n) is 0. The van der Waals surface area contributed by atoms with E-state index in [1.54, 1.807) is 0 Å². The Balaban J connectivity index is 0. The van der Waals surface area contributed by atoms with E-state index in [1.807, 2.05) is 0 Å². The molecule has 0 spiro atoms. The molecule has 0 N–H and O–H groups in total. The molecule has 0 amide bonds. The summed E-state index contributed by atoms with van der Waals surface area (Å²) in [5, 5.41) is 0. The van der Waals surface area contributed by atoms with Crippen molar-refractivity contribution >= 4 is 21.0 Å². The second-order valence-electron chi connectivity index (χ2n) is 2.41. The van der Waals surface area contributed by atoms with Crippen LogP contribution in [0, 0.1) is 0 Å². The lowest BCUT2D eigenvalue weighted by Gasteiger charge is -1.88. The molecule has 0 saturated heterocycles. The van der Waals surface area contributed by atoms with Crippen LogP contribution in [0.15, 0.2) is 11.1 Å². The maximum absolute atomic E-state index is 4.53. The van der Waals surface area contributed by atoms with Crippen LogP contribution in [0.5, 0.6) is 0 Å². The van der Waals surface area contributed by atoms with Gasteiger partial charge in [0.15, 0.2) is 0 Å². The molecular formula is C6H18OSi2. The Morgan fingerprint density at radius 3 is 1.00 bits per heavy atom. The van der Waals surface area contributed by atoms with Crippen LogP contribution in [0.2, 0.25) is 0 Å². The Labute approximate surface area is 64.6 Å². The monoisotopic (exact) mass is 162 g/mol. The van der Waals surface area contributed by atoms with E-state index < -0.39 is 0 Å². The first-order valence-electron chi connectivity index (χ1n) is 3.07. The van der Waals surface area contributed by atoms with Gasteiger partial charge in [-0.1, -0.05) is 11.1 Å². The summed E-state index contributed by atoms with van der Waals surface area (Å²) in [4.78, 5) is 0. The van der Waals surface area contributed by atoms with Crippen molar-refractivity contribution in [3.63, 3.8) is 0 Å². The van der Waals surface area contributed by atoms with E-state index in [0.717, 1.165) is 21.0 Å². The summed E-state index contributed by atoms with van der Waals surface area (Å²) in [6.07, 6.45) is 0. The zero-order valence-corrected chi connectivity index (χ0v) is 11.4. The molecular weight excluding hydrogens is 144 g/mol. The van der Waals surface area contributed by atoms with E-state index in [1.165, 1.54) is 11.1 Å². The summed E-state index contributed by atoms with van der Waals surface area (Å²) < 4.78 is 4.53. The minimum atomic E-state index is 0.931. The van der Waals surface area contributed by atoms with Gasteiger partial charge in [0.25, 0.3) is 0 Å². The molecule has 0 rings (SSSR count). The van der Waals surface area contributed by atoms with Crippen molar-refractivity contribution in [3.05, 3.63) is 11.1 Å². The zero-order chi connectivity index (χ0) is 7.86. The SMILES string of the molecule is CC(C)=C(C)C.[SiH3]O[SiH3]. The summed E-state index contributed by atoms with van der Waals surface area (Å²) in [6.45, 7) is 8.48. The molecule has 0 heterocycles. The molecule has 0 fully saturated rings. The van der Waals surface area contributed by atoms with Crippen molar-refractivity contribution in [3.8, 4) is 0 Å². The Hall–Kier alpha value is 0.134. The van der Waals surface area contributed by atoms with Crippen molar-refractivity contribution < 1.29 is 4.12 Å². The third-order valence-corrected chi connectivity index (χ3v) is 1.00. The molecule has 0 aliphatic rings. The summed E-state index contributed by atoms with van der Waals surface area (Å²) >= 11 is 0. The second kappa shape index (κ2) is 8.13. The van der Waals surface area contributed by atoms with Gasteiger partial charge in [-0.15, -0.1) is 0 Å². The zero-order valence-electron chi connectivity index (χ0n) is 7.41. The first-order valence-corrected chi connectivity index (χ1v) is 4.70. The van der Waals surface area contributed by atoms with Crippen LogP contribution < -0.4 is 0 Å². The quantitative estimate of drug-likeness (QED) is 0.358. The summed E-state index contributed by atoms with van der Waals surface area (Å²) in [5.74, 6) is 0. The van der Waals surface area contributed by atoms with Gasteiger partial charge < -0.3 is 4.12 Å². The molecule has 0 aliphatic heterocycles. The summed E-state index contributed by atoms with van der Waals surface area (Å²) in [7, 11) is 1.86.